The van der Waals surface area contributed by atoms with Crippen LogP contribution in [-0.2, 0) is 11.2 Å². The maximum absolute atomic E-state index is 5.65. The number of rotatable bonds is 4. The summed E-state index contributed by atoms with van der Waals surface area (Å²) in [4.78, 5) is 4.55. The van der Waals surface area contributed by atoms with Gasteiger partial charge in [-0.3, -0.25) is 0 Å². The second-order valence-corrected chi connectivity index (χ2v) is 5.07. The molecule has 1 aliphatic rings. The highest BCUT2D eigenvalue weighted by atomic mass is 16.5. The molecule has 3 rings (SSSR count). The SMILES string of the molecule is NCCc1ccccc1-c1nc(C2CCCOC2)no1. The number of nitrogens with zero attached hydrogens (tertiary/aromatic N) is 2. The fraction of sp³-hybridized carbons (Fsp3) is 0.467. The maximum atomic E-state index is 5.65. The van der Waals surface area contributed by atoms with Crippen molar-refractivity contribution in [2.45, 2.75) is 25.2 Å². The maximum Gasteiger partial charge on any atom is 0.258 e. The summed E-state index contributed by atoms with van der Waals surface area (Å²) < 4.78 is 10.9. The Bertz CT molecular complexity index is 562. The van der Waals surface area contributed by atoms with E-state index in [9.17, 15) is 0 Å². The minimum absolute atomic E-state index is 0.253. The third-order valence-electron chi connectivity index (χ3n) is 3.63. The zero-order valence-electron chi connectivity index (χ0n) is 11.4. The van der Waals surface area contributed by atoms with Crippen molar-refractivity contribution < 1.29 is 9.26 Å². The lowest BCUT2D eigenvalue weighted by Crippen LogP contribution is -2.16. The van der Waals surface area contributed by atoms with Crippen LogP contribution >= 0.6 is 0 Å². The number of aromatic nitrogens is 2. The van der Waals surface area contributed by atoms with Crippen LogP contribution in [0.5, 0.6) is 0 Å². The largest absolute Gasteiger partial charge is 0.381 e. The summed E-state index contributed by atoms with van der Waals surface area (Å²) in [5.41, 5.74) is 7.77. The highest BCUT2D eigenvalue weighted by molar-refractivity contribution is 5.58. The van der Waals surface area contributed by atoms with Crippen molar-refractivity contribution in [2.24, 2.45) is 5.73 Å². The first kappa shape index (κ1) is 13.3. The number of hydrogen-bond donors (Lipinski definition) is 1. The molecule has 1 unspecified atom stereocenters. The van der Waals surface area contributed by atoms with E-state index >= 15 is 0 Å². The Labute approximate surface area is 118 Å². The molecule has 0 amide bonds. The van der Waals surface area contributed by atoms with Crippen molar-refractivity contribution in [1.82, 2.24) is 10.1 Å². The van der Waals surface area contributed by atoms with Gasteiger partial charge in [0.15, 0.2) is 5.82 Å². The van der Waals surface area contributed by atoms with E-state index in [1.807, 2.05) is 18.2 Å². The molecule has 1 aromatic heterocycles. The van der Waals surface area contributed by atoms with Crippen LogP contribution in [0.25, 0.3) is 11.5 Å². The van der Waals surface area contributed by atoms with Gasteiger partial charge in [-0.2, -0.15) is 4.98 Å². The van der Waals surface area contributed by atoms with E-state index in [-0.39, 0.29) is 5.92 Å². The monoisotopic (exact) mass is 273 g/mol. The van der Waals surface area contributed by atoms with Crippen LogP contribution in [0.4, 0.5) is 0 Å². The summed E-state index contributed by atoms with van der Waals surface area (Å²) in [7, 11) is 0. The molecule has 0 saturated carbocycles. The van der Waals surface area contributed by atoms with Crippen molar-refractivity contribution in [1.29, 1.82) is 0 Å². The summed E-state index contributed by atoms with van der Waals surface area (Å²) in [6.07, 6.45) is 2.92. The van der Waals surface area contributed by atoms with Gasteiger partial charge in [-0.25, -0.2) is 0 Å². The minimum Gasteiger partial charge on any atom is -0.381 e. The zero-order valence-corrected chi connectivity index (χ0v) is 11.4. The van der Waals surface area contributed by atoms with Crippen LogP contribution in [0.15, 0.2) is 28.8 Å². The fourth-order valence-corrected chi connectivity index (χ4v) is 2.56. The molecule has 2 heterocycles. The van der Waals surface area contributed by atoms with Crippen LogP contribution in [0.1, 0.15) is 30.1 Å². The molecular weight excluding hydrogens is 254 g/mol. The minimum atomic E-state index is 0.253. The number of ether oxygens (including phenoxy) is 1. The lowest BCUT2D eigenvalue weighted by molar-refractivity contribution is 0.0773. The molecule has 1 aromatic carbocycles. The second kappa shape index (κ2) is 6.15. The predicted molar refractivity (Wildman–Crippen MR) is 75.3 cm³/mol. The van der Waals surface area contributed by atoms with E-state index in [0.29, 0.717) is 19.0 Å². The topological polar surface area (TPSA) is 74.2 Å². The van der Waals surface area contributed by atoms with E-state index in [2.05, 4.69) is 16.2 Å². The Balaban J connectivity index is 1.86. The van der Waals surface area contributed by atoms with Gasteiger partial charge in [0.1, 0.15) is 0 Å². The molecule has 5 nitrogen and oxygen atoms in total. The van der Waals surface area contributed by atoms with E-state index < -0.39 is 0 Å². The van der Waals surface area contributed by atoms with E-state index in [0.717, 1.165) is 42.8 Å². The van der Waals surface area contributed by atoms with Crippen LogP contribution in [0.3, 0.4) is 0 Å². The highest BCUT2D eigenvalue weighted by Crippen LogP contribution is 2.27. The Morgan fingerprint density at radius 1 is 1.30 bits per heavy atom. The molecule has 106 valence electrons. The van der Waals surface area contributed by atoms with Gasteiger partial charge in [0.25, 0.3) is 5.89 Å². The third kappa shape index (κ3) is 2.73. The van der Waals surface area contributed by atoms with Gasteiger partial charge >= 0.3 is 0 Å². The highest BCUT2D eigenvalue weighted by Gasteiger charge is 2.22. The quantitative estimate of drug-likeness (QED) is 0.923. The second-order valence-electron chi connectivity index (χ2n) is 5.07. The summed E-state index contributed by atoms with van der Waals surface area (Å²) in [6, 6.07) is 8.03. The van der Waals surface area contributed by atoms with E-state index in [1.54, 1.807) is 0 Å². The average molecular weight is 273 g/mol. The normalized spacial score (nSPS) is 19.1. The van der Waals surface area contributed by atoms with Gasteiger partial charge < -0.3 is 15.0 Å². The molecule has 1 saturated heterocycles. The van der Waals surface area contributed by atoms with E-state index in [4.69, 9.17) is 15.0 Å². The van der Waals surface area contributed by atoms with Gasteiger partial charge in [0, 0.05) is 18.1 Å². The number of benzene rings is 1. The Kier molecular flexibility index (Phi) is 4.08. The first-order valence-electron chi connectivity index (χ1n) is 7.08. The van der Waals surface area contributed by atoms with Crippen molar-refractivity contribution in [3.8, 4) is 11.5 Å². The predicted octanol–water partition coefficient (Wildman–Crippen LogP) is 2.13. The first-order chi connectivity index (χ1) is 9.88. The average Bonchev–Trinajstić information content (AvgIpc) is 2.99. The smallest absolute Gasteiger partial charge is 0.258 e. The molecule has 5 heteroatoms. The van der Waals surface area contributed by atoms with Gasteiger partial charge in [-0.05, 0) is 37.4 Å². The molecule has 0 radical (unpaired) electrons. The van der Waals surface area contributed by atoms with Crippen molar-refractivity contribution in [3.05, 3.63) is 35.7 Å². The molecular formula is C15H19N3O2. The fourth-order valence-electron chi connectivity index (χ4n) is 2.56. The lowest BCUT2D eigenvalue weighted by atomic mass is 10.0. The van der Waals surface area contributed by atoms with Crippen molar-refractivity contribution in [2.75, 3.05) is 19.8 Å². The molecule has 0 spiro atoms. The first-order valence-corrected chi connectivity index (χ1v) is 7.08. The summed E-state index contributed by atoms with van der Waals surface area (Å²) >= 11 is 0. The summed E-state index contributed by atoms with van der Waals surface area (Å²) in [6.45, 7) is 2.12. The molecule has 20 heavy (non-hydrogen) atoms. The van der Waals surface area contributed by atoms with Gasteiger partial charge in [-0.15, -0.1) is 0 Å². The van der Waals surface area contributed by atoms with Gasteiger partial charge in [-0.1, -0.05) is 23.4 Å². The van der Waals surface area contributed by atoms with E-state index in [1.165, 1.54) is 0 Å². The Hall–Kier alpha value is -1.72. The molecule has 2 aromatic rings. The third-order valence-corrected chi connectivity index (χ3v) is 3.63. The number of nitrogens with two attached hydrogens (primary N) is 1. The van der Waals surface area contributed by atoms with Gasteiger partial charge in [0.05, 0.1) is 6.61 Å². The molecule has 0 aliphatic carbocycles. The number of hydrogen-bond acceptors (Lipinski definition) is 5. The standard InChI is InChI=1S/C15H19N3O2/c16-8-7-11-4-1-2-6-13(11)15-17-14(18-20-15)12-5-3-9-19-10-12/h1-2,4,6,12H,3,5,7-10,16H2. The van der Waals surface area contributed by atoms with Crippen molar-refractivity contribution >= 4 is 0 Å². The molecule has 0 bridgehead atoms. The van der Waals surface area contributed by atoms with Crippen LogP contribution < -0.4 is 5.73 Å². The zero-order chi connectivity index (χ0) is 13.8. The molecule has 1 atom stereocenters. The van der Waals surface area contributed by atoms with Crippen LogP contribution in [-0.4, -0.2) is 29.9 Å². The summed E-state index contributed by atoms with van der Waals surface area (Å²) in [5, 5.41) is 4.12. The van der Waals surface area contributed by atoms with Crippen molar-refractivity contribution in [3.63, 3.8) is 0 Å². The molecule has 2 N–H and O–H groups in total. The Morgan fingerprint density at radius 2 is 2.20 bits per heavy atom. The summed E-state index contributed by atoms with van der Waals surface area (Å²) in [5.74, 6) is 1.58. The van der Waals surface area contributed by atoms with Crippen LogP contribution in [0, 0.1) is 0 Å². The molecule has 1 aliphatic heterocycles. The van der Waals surface area contributed by atoms with Gasteiger partial charge in [0.2, 0.25) is 0 Å². The lowest BCUT2D eigenvalue weighted by Gasteiger charge is -2.18. The Morgan fingerprint density at radius 3 is 3.00 bits per heavy atom. The van der Waals surface area contributed by atoms with Crippen LogP contribution in [0.2, 0.25) is 0 Å². The molecule has 1 fully saturated rings.